The van der Waals surface area contributed by atoms with E-state index in [9.17, 15) is 0 Å². The minimum absolute atomic E-state index is 0.485. The first-order valence-corrected chi connectivity index (χ1v) is 7.90. The lowest BCUT2D eigenvalue weighted by Crippen LogP contribution is -2.09. The number of rotatable bonds is 6. The van der Waals surface area contributed by atoms with Gasteiger partial charge in [-0.15, -0.1) is 0 Å². The molecule has 2 aromatic carbocycles. The molecule has 2 rings (SSSR count). The van der Waals surface area contributed by atoms with Crippen molar-refractivity contribution in [2.24, 2.45) is 0 Å². The van der Waals surface area contributed by atoms with Crippen molar-refractivity contribution in [1.29, 1.82) is 0 Å². The van der Waals surface area contributed by atoms with Crippen molar-refractivity contribution in [2.45, 2.75) is 13.2 Å². The van der Waals surface area contributed by atoms with Crippen LogP contribution in [0.1, 0.15) is 11.1 Å². The average Bonchev–Trinajstić information content (AvgIpc) is 2.62. The largest absolute Gasteiger partial charge is 0.493 e. The summed E-state index contributed by atoms with van der Waals surface area (Å²) in [6.07, 6.45) is 0. The Balaban J connectivity index is 0.000000487. The van der Waals surface area contributed by atoms with Gasteiger partial charge in [-0.05, 0) is 42.4 Å². The Morgan fingerprint density at radius 3 is 2.08 bits per heavy atom. The minimum Gasteiger partial charge on any atom is -0.493 e. The summed E-state index contributed by atoms with van der Waals surface area (Å²) in [4.78, 5) is 18.2. The van der Waals surface area contributed by atoms with Crippen LogP contribution in [0, 0.1) is 0 Å². The fourth-order valence-corrected chi connectivity index (χ4v) is 2.01. The van der Waals surface area contributed by atoms with Gasteiger partial charge >= 0.3 is 11.9 Å². The summed E-state index contributed by atoms with van der Waals surface area (Å²) in [5.41, 5.74) is 2.22. The number of aliphatic carboxylic acids is 2. The minimum atomic E-state index is -1.82. The maximum absolute atomic E-state index is 9.10. The van der Waals surface area contributed by atoms with Gasteiger partial charge in [0, 0.05) is 11.6 Å². The number of halogens is 1. The first kappa shape index (κ1) is 21.3. The second-order valence-corrected chi connectivity index (χ2v) is 5.48. The maximum atomic E-state index is 9.10. The van der Waals surface area contributed by atoms with Crippen molar-refractivity contribution in [3.05, 3.63) is 58.6 Å². The van der Waals surface area contributed by atoms with Crippen molar-refractivity contribution in [1.82, 2.24) is 5.32 Å². The molecule has 0 unspecified atom stereocenters. The molecular weight excluding hydrogens is 362 g/mol. The molecule has 0 aliphatic rings. The zero-order valence-corrected chi connectivity index (χ0v) is 15.1. The molecule has 0 radical (unpaired) electrons. The lowest BCUT2D eigenvalue weighted by molar-refractivity contribution is -0.159. The average molecular weight is 382 g/mol. The van der Waals surface area contributed by atoms with Gasteiger partial charge in [0.2, 0.25) is 0 Å². The molecule has 2 aromatic rings. The van der Waals surface area contributed by atoms with E-state index >= 15 is 0 Å². The summed E-state index contributed by atoms with van der Waals surface area (Å²) in [6, 6.07) is 13.5. The number of methoxy groups -OCH3 is 1. The van der Waals surface area contributed by atoms with E-state index in [4.69, 9.17) is 40.9 Å². The molecule has 0 spiro atoms. The first-order valence-electron chi connectivity index (χ1n) is 7.52. The molecule has 0 saturated carbocycles. The normalized spacial score (nSPS) is 9.65. The van der Waals surface area contributed by atoms with E-state index in [1.165, 1.54) is 0 Å². The van der Waals surface area contributed by atoms with E-state index in [0.29, 0.717) is 6.61 Å². The van der Waals surface area contributed by atoms with Crippen molar-refractivity contribution < 1.29 is 29.3 Å². The fourth-order valence-electron chi connectivity index (χ4n) is 1.89. The molecule has 0 heterocycles. The van der Waals surface area contributed by atoms with E-state index in [2.05, 4.69) is 5.32 Å². The Hall–Kier alpha value is -2.77. The van der Waals surface area contributed by atoms with Crippen LogP contribution in [0.25, 0.3) is 0 Å². The van der Waals surface area contributed by atoms with E-state index in [1.54, 1.807) is 7.11 Å². The molecule has 3 N–H and O–H groups in total. The number of hydrogen-bond donors (Lipinski definition) is 3. The molecule has 0 saturated heterocycles. The van der Waals surface area contributed by atoms with Crippen LogP contribution < -0.4 is 14.8 Å². The quantitative estimate of drug-likeness (QED) is 0.661. The molecule has 0 aliphatic carbocycles. The smallest absolute Gasteiger partial charge is 0.414 e. The zero-order valence-electron chi connectivity index (χ0n) is 14.4. The summed E-state index contributed by atoms with van der Waals surface area (Å²) in [5, 5.41) is 18.6. The Morgan fingerprint density at radius 2 is 1.58 bits per heavy atom. The van der Waals surface area contributed by atoms with Crippen molar-refractivity contribution in [2.75, 3.05) is 14.2 Å². The van der Waals surface area contributed by atoms with Gasteiger partial charge in [0.1, 0.15) is 6.61 Å². The van der Waals surface area contributed by atoms with E-state index in [1.807, 2.05) is 49.5 Å². The second kappa shape index (κ2) is 11.0. The van der Waals surface area contributed by atoms with Crippen LogP contribution in [0.4, 0.5) is 0 Å². The van der Waals surface area contributed by atoms with Crippen LogP contribution in [0.3, 0.4) is 0 Å². The summed E-state index contributed by atoms with van der Waals surface area (Å²) >= 11 is 5.86. The van der Waals surface area contributed by atoms with E-state index in [-0.39, 0.29) is 0 Å². The van der Waals surface area contributed by atoms with Crippen LogP contribution in [0.15, 0.2) is 42.5 Å². The lowest BCUT2D eigenvalue weighted by atomic mass is 10.2. The number of benzene rings is 2. The molecule has 0 atom stereocenters. The highest BCUT2D eigenvalue weighted by Crippen LogP contribution is 2.28. The number of carbonyl (C=O) groups is 2. The molecule has 140 valence electrons. The van der Waals surface area contributed by atoms with Crippen molar-refractivity contribution in [3.63, 3.8) is 0 Å². The number of carboxylic acid groups (broad SMARTS) is 2. The molecule has 0 bridgehead atoms. The van der Waals surface area contributed by atoms with Gasteiger partial charge in [-0.25, -0.2) is 9.59 Å². The Bertz CT molecular complexity index is 721. The maximum Gasteiger partial charge on any atom is 0.414 e. The van der Waals surface area contributed by atoms with Gasteiger partial charge in [-0.3, -0.25) is 0 Å². The van der Waals surface area contributed by atoms with E-state index < -0.39 is 11.9 Å². The van der Waals surface area contributed by atoms with Crippen LogP contribution >= 0.6 is 11.6 Å². The zero-order chi connectivity index (χ0) is 19.5. The molecule has 7 nitrogen and oxygen atoms in total. The highest BCUT2D eigenvalue weighted by atomic mass is 35.5. The standard InChI is InChI=1S/C16H18ClNO2.C2H2O4/c1-18-10-13-5-8-15(16(9-13)19-2)20-11-12-3-6-14(17)7-4-12;3-1(4)2(5)6/h3-9,18H,10-11H2,1-2H3;(H,3,4)(H,5,6). The molecule has 0 aromatic heterocycles. The number of hydrogen-bond acceptors (Lipinski definition) is 5. The van der Waals surface area contributed by atoms with Crippen LogP contribution in [0.2, 0.25) is 5.02 Å². The Morgan fingerprint density at radius 1 is 1.00 bits per heavy atom. The third-order valence-corrected chi connectivity index (χ3v) is 3.35. The summed E-state index contributed by atoms with van der Waals surface area (Å²) in [5.74, 6) is -2.17. The van der Waals surface area contributed by atoms with Crippen molar-refractivity contribution >= 4 is 23.5 Å². The van der Waals surface area contributed by atoms with Gasteiger partial charge < -0.3 is 25.0 Å². The van der Waals surface area contributed by atoms with Crippen LogP contribution in [-0.2, 0) is 22.7 Å². The third kappa shape index (κ3) is 7.42. The summed E-state index contributed by atoms with van der Waals surface area (Å²) in [6.45, 7) is 1.28. The van der Waals surface area contributed by atoms with Crippen LogP contribution in [-0.4, -0.2) is 36.3 Å². The molecule has 0 fully saturated rings. The lowest BCUT2D eigenvalue weighted by Gasteiger charge is -2.12. The van der Waals surface area contributed by atoms with E-state index in [0.717, 1.165) is 34.2 Å². The fraction of sp³-hybridized carbons (Fsp3) is 0.222. The Labute approximate surface area is 156 Å². The van der Waals surface area contributed by atoms with Crippen molar-refractivity contribution in [3.8, 4) is 11.5 Å². The van der Waals surface area contributed by atoms with Gasteiger partial charge in [-0.2, -0.15) is 0 Å². The molecular formula is C18H20ClNO6. The van der Waals surface area contributed by atoms with Crippen LogP contribution in [0.5, 0.6) is 11.5 Å². The monoisotopic (exact) mass is 381 g/mol. The summed E-state index contributed by atoms with van der Waals surface area (Å²) < 4.78 is 11.2. The molecule has 0 aliphatic heterocycles. The highest BCUT2D eigenvalue weighted by molar-refractivity contribution is 6.30. The third-order valence-electron chi connectivity index (χ3n) is 3.10. The van der Waals surface area contributed by atoms with Gasteiger partial charge in [0.05, 0.1) is 7.11 Å². The molecule has 26 heavy (non-hydrogen) atoms. The predicted molar refractivity (Wildman–Crippen MR) is 96.8 cm³/mol. The second-order valence-electron chi connectivity index (χ2n) is 5.04. The van der Waals surface area contributed by atoms with Gasteiger partial charge in [0.25, 0.3) is 0 Å². The number of carboxylic acids is 2. The molecule has 0 amide bonds. The topological polar surface area (TPSA) is 105 Å². The number of ether oxygens (including phenoxy) is 2. The SMILES string of the molecule is CNCc1ccc(OCc2ccc(Cl)cc2)c(OC)c1.O=C(O)C(=O)O. The van der Waals surface area contributed by atoms with Gasteiger partial charge in [-0.1, -0.05) is 29.8 Å². The Kier molecular flexibility index (Phi) is 8.97. The number of nitrogens with one attached hydrogen (secondary N) is 1. The van der Waals surface area contributed by atoms with Gasteiger partial charge in [0.15, 0.2) is 11.5 Å². The highest BCUT2D eigenvalue weighted by Gasteiger charge is 2.06. The predicted octanol–water partition coefficient (Wildman–Crippen LogP) is 2.80. The summed E-state index contributed by atoms with van der Waals surface area (Å²) in [7, 11) is 3.56. The molecule has 8 heteroatoms. The first-order chi connectivity index (χ1) is 12.4.